The Balaban J connectivity index is 2.07. The summed E-state index contributed by atoms with van der Waals surface area (Å²) >= 11 is 5.00. The first kappa shape index (κ1) is 18.9. The van der Waals surface area contributed by atoms with Crippen molar-refractivity contribution >= 4 is 29.1 Å². The summed E-state index contributed by atoms with van der Waals surface area (Å²) in [5.74, 6) is 0.495. The van der Waals surface area contributed by atoms with Crippen molar-refractivity contribution in [2.45, 2.75) is 77.6 Å². The highest BCUT2D eigenvalue weighted by Gasteiger charge is 2.15. The quantitative estimate of drug-likeness (QED) is 0.382. The summed E-state index contributed by atoms with van der Waals surface area (Å²) in [6.45, 7) is 2.09. The Morgan fingerprint density at radius 3 is 2.41 bits per heavy atom. The molecule has 0 aliphatic heterocycles. The predicted molar refractivity (Wildman–Crippen MR) is 92.0 cm³/mol. The van der Waals surface area contributed by atoms with Gasteiger partial charge in [0.25, 0.3) is 0 Å². The van der Waals surface area contributed by atoms with Crippen LogP contribution in [0.3, 0.4) is 0 Å². The fourth-order valence-corrected chi connectivity index (χ4v) is 2.92. The fourth-order valence-electron chi connectivity index (χ4n) is 2.76. The van der Waals surface area contributed by atoms with Gasteiger partial charge in [-0.05, 0) is 31.0 Å². The van der Waals surface area contributed by atoms with E-state index in [0.717, 1.165) is 25.7 Å². The molecule has 0 heterocycles. The summed E-state index contributed by atoms with van der Waals surface area (Å²) < 4.78 is 0. The molecule has 1 saturated carbocycles. The minimum atomic E-state index is -0.104. The van der Waals surface area contributed by atoms with Crippen molar-refractivity contribution in [2.24, 2.45) is 5.92 Å². The number of carbonyl (C=O) groups excluding carboxylic acids is 2. The Morgan fingerprint density at radius 1 is 1.00 bits per heavy atom. The van der Waals surface area contributed by atoms with Crippen LogP contribution in [0, 0.1) is 5.92 Å². The zero-order valence-corrected chi connectivity index (χ0v) is 14.4. The minimum absolute atomic E-state index is 0.0803. The van der Waals surface area contributed by atoms with Crippen molar-refractivity contribution in [3.05, 3.63) is 0 Å². The van der Waals surface area contributed by atoms with Crippen molar-refractivity contribution in [3.63, 3.8) is 0 Å². The van der Waals surface area contributed by atoms with E-state index in [1.165, 1.54) is 32.1 Å². The number of hydrogen-bond acceptors (Lipinski definition) is 3. The number of thiocarbonyl (C=S) groups is 1. The van der Waals surface area contributed by atoms with Crippen molar-refractivity contribution in [1.82, 2.24) is 16.2 Å². The van der Waals surface area contributed by atoms with Crippen LogP contribution < -0.4 is 16.2 Å². The molecule has 2 amide bonds. The van der Waals surface area contributed by atoms with Gasteiger partial charge in [-0.3, -0.25) is 20.4 Å². The zero-order chi connectivity index (χ0) is 16.2. The van der Waals surface area contributed by atoms with Crippen molar-refractivity contribution in [2.75, 3.05) is 0 Å². The smallest absolute Gasteiger partial charge is 0.238 e. The maximum atomic E-state index is 11.8. The first-order chi connectivity index (χ1) is 10.6. The Bertz CT molecular complexity index is 368. The summed E-state index contributed by atoms with van der Waals surface area (Å²) in [5.41, 5.74) is 5.09. The van der Waals surface area contributed by atoms with Crippen LogP contribution in [0.2, 0.25) is 0 Å². The predicted octanol–water partition coefficient (Wildman–Crippen LogP) is 2.95. The van der Waals surface area contributed by atoms with Gasteiger partial charge in [-0.25, -0.2) is 0 Å². The van der Waals surface area contributed by atoms with Crippen LogP contribution in [0.5, 0.6) is 0 Å². The molecule has 1 aliphatic rings. The van der Waals surface area contributed by atoms with Crippen molar-refractivity contribution in [1.29, 1.82) is 0 Å². The Kier molecular flexibility index (Phi) is 9.79. The average Bonchev–Trinajstić information content (AvgIpc) is 2.52. The normalized spacial score (nSPS) is 15.1. The molecule has 0 aromatic heterocycles. The van der Waals surface area contributed by atoms with Crippen LogP contribution in [-0.2, 0) is 9.59 Å². The summed E-state index contributed by atoms with van der Waals surface area (Å²) in [7, 11) is 0. The summed E-state index contributed by atoms with van der Waals surface area (Å²) in [6, 6.07) is 0. The molecule has 6 heteroatoms. The number of carbonyl (C=O) groups is 2. The molecule has 0 unspecified atom stereocenters. The van der Waals surface area contributed by atoms with Gasteiger partial charge in [0.05, 0.1) is 0 Å². The maximum absolute atomic E-state index is 11.8. The lowest BCUT2D eigenvalue weighted by molar-refractivity contribution is -0.122. The van der Waals surface area contributed by atoms with Gasteiger partial charge in [-0.2, -0.15) is 0 Å². The molecule has 0 radical (unpaired) electrons. The highest BCUT2D eigenvalue weighted by molar-refractivity contribution is 7.80. The van der Waals surface area contributed by atoms with Gasteiger partial charge in [-0.1, -0.05) is 51.9 Å². The molecular formula is C16H29N3O2S. The zero-order valence-electron chi connectivity index (χ0n) is 13.6. The summed E-state index contributed by atoms with van der Waals surface area (Å²) in [6.07, 6.45) is 11.3. The largest absolute Gasteiger partial charge is 0.302 e. The fraction of sp³-hybridized carbons (Fsp3) is 0.812. The van der Waals surface area contributed by atoms with E-state index in [0.29, 0.717) is 18.8 Å². The van der Waals surface area contributed by atoms with Gasteiger partial charge in [-0.15, -0.1) is 0 Å². The molecule has 0 aromatic carbocycles. The molecule has 1 aliphatic carbocycles. The summed E-state index contributed by atoms with van der Waals surface area (Å²) in [4.78, 5) is 23.3. The van der Waals surface area contributed by atoms with E-state index in [-0.39, 0.29) is 16.9 Å². The third kappa shape index (κ3) is 8.97. The van der Waals surface area contributed by atoms with Gasteiger partial charge in [0.2, 0.25) is 11.8 Å². The van der Waals surface area contributed by atoms with Gasteiger partial charge in [0.15, 0.2) is 5.11 Å². The molecule has 5 nitrogen and oxygen atoms in total. The van der Waals surface area contributed by atoms with E-state index >= 15 is 0 Å². The van der Waals surface area contributed by atoms with Crippen LogP contribution in [-0.4, -0.2) is 16.9 Å². The van der Waals surface area contributed by atoms with Crippen LogP contribution >= 0.6 is 12.2 Å². The number of rotatable bonds is 7. The second kappa shape index (κ2) is 11.4. The number of hydrogen-bond donors (Lipinski definition) is 3. The lowest BCUT2D eigenvalue weighted by atomic mass is 9.86. The number of unbranched alkanes of at least 4 members (excludes halogenated alkanes) is 2. The van der Waals surface area contributed by atoms with Crippen molar-refractivity contribution < 1.29 is 9.59 Å². The first-order valence-electron chi connectivity index (χ1n) is 8.50. The van der Waals surface area contributed by atoms with E-state index < -0.39 is 0 Å². The average molecular weight is 327 g/mol. The number of amides is 2. The number of hydrazine groups is 1. The van der Waals surface area contributed by atoms with E-state index in [2.05, 4.69) is 23.1 Å². The number of nitrogens with one attached hydrogen (secondary N) is 3. The molecule has 0 saturated heterocycles. The van der Waals surface area contributed by atoms with Crippen molar-refractivity contribution in [3.8, 4) is 0 Å². The standard InChI is InChI=1S/C16H29N3O2S/c1-2-3-5-10-15(21)18-19-16(22)17-14(20)12-11-13-8-6-4-7-9-13/h13H,2-12H2,1H3,(H,18,21)(H2,17,19,20,22). The molecule has 0 atom stereocenters. The maximum Gasteiger partial charge on any atom is 0.238 e. The topological polar surface area (TPSA) is 70.2 Å². The summed E-state index contributed by atoms with van der Waals surface area (Å²) in [5, 5.41) is 2.77. The SMILES string of the molecule is CCCCCC(=O)NNC(=S)NC(=O)CCC1CCCCC1. The van der Waals surface area contributed by atoms with E-state index in [4.69, 9.17) is 12.2 Å². The first-order valence-corrected chi connectivity index (χ1v) is 8.91. The minimum Gasteiger partial charge on any atom is -0.302 e. The van der Waals surface area contributed by atoms with Crippen LogP contribution in [0.25, 0.3) is 0 Å². The van der Waals surface area contributed by atoms with E-state index in [1.807, 2.05) is 0 Å². The van der Waals surface area contributed by atoms with Gasteiger partial charge >= 0.3 is 0 Å². The lowest BCUT2D eigenvalue weighted by Gasteiger charge is -2.21. The molecular weight excluding hydrogens is 298 g/mol. The molecule has 0 spiro atoms. The van der Waals surface area contributed by atoms with Crippen LogP contribution in [0.1, 0.15) is 77.6 Å². The van der Waals surface area contributed by atoms with E-state index in [1.54, 1.807) is 0 Å². The molecule has 0 bridgehead atoms. The highest BCUT2D eigenvalue weighted by atomic mass is 32.1. The Hall–Kier alpha value is -1.17. The molecule has 22 heavy (non-hydrogen) atoms. The Labute approximate surface area is 139 Å². The van der Waals surface area contributed by atoms with Gasteiger partial charge in [0.1, 0.15) is 0 Å². The van der Waals surface area contributed by atoms with Gasteiger partial charge < -0.3 is 5.32 Å². The lowest BCUT2D eigenvalue weighted by Crippen LogP contribution is -2.48. The second-order valence-corrected chi connectivity index (χ2v) is 6.46. The Morgan fingerprint density at radius 2 is 1.73 bits per heavy atom. The third-order valence-corrected chi connectivity index (χ3v) is 4.28. The highest BCUT2D eigenvalue weighted by Crippen LogP contribution is 2.27. The molecule has 126 valence electrons. The van der Waals surface area contributed by atoms with Gasteiger partial charge in [0, 0.05) is 12.8 Å². The molecule has 0 aromatic rings. The van der Waals surface area contributed by atoms with E-state index in [9.17, 15) is 9.59 Å². The van der Waals surface area contributed by atoms with Crippen LogP contribution in [0.15, 0.2) is 0 Å². The molecule has 1 fully saturated rings. The molecule has 1 rings (SSSR count). The second-order valence-electron chi connectivity index (χ2n) is 6.05. The van der Waals surface area contributed by atoms with Crippen LogP contribution in [0.4, 0.5) is 0 Å². The molecule has 3 N–H and O–H groups in total. The monoisotopic (exact) mass is 327 g/mol. The third-order valence-electron chi connectivity index (χ3n) is 4.08.